The number of nitrogens with zero attached hydrogens (tertiary/aromatic N) is 1. The molecule has 0 amide bonds. The zero-order valence-electron chi connectivity index (χ0n) is 10.5. The number of benzene rings is 1. The van der Waals surface area contributed by atoms with E-state index in [1.807, 2.05) is 36.0 Å². The Balaban J connectivity index is 2.13. The van der Waals surface area contributed by atoms with Gasteiger partial charge < -0.3 is 0 Å². The number of hydrogen-bond donors (Lipinski definition) is 0. The Kier molecular flexibility index (Phi) is 2.60. The maximum Gasteiger partial charge on any atom is 0.205 e. The Hall–Kier alpha value is -2.55. The lowest BCUT2D eigenvalue weighted by atomic mass is 10.1. The second-order valence-corrected chi connectivity index (χ2v) is 4.50. The minimum atomic E-state index is -0.190. The molecule has 0 fully saturated rings. The van der Waals surface area contributed by atoms with E-state index in [1.54, 1.807) is 30.3 Å². The van der Waals surface area contributed by atoms with E-state index in [1.165, 1.54) is 0 Å². The van der Waals surface area contributed by atoms with Crippen LogP contribution in [0.1, 0.15) is 26.4 Å². The van der Waals surface area contributed by atoms with Gasteiger partial charge in [0.05, 0.1) is 5.57 Å². The van der Waals surface area contributed by atoms with E-state index in [9.17, 15) is 9.59 Å². The fraction of sp³-hybridized carbons (Fsp3) is 0.0625. The molecule has 92 valence electrons. The fourth-order valence-corrected chi connectivity index (χ4v) is 2.24. The highest BCUT2D eigenvalue weighted by Gasteiger charge is 2.33. The molecule has 1 aliphatic carbocycles. The Morgan fingerprint density at radius 3 is 2.05 bits per heavy atom. The maximum absolute atomic E-state index is 12.2. The van der Waals surface area contributed by atoms with Gasteiger partial charge in [0.2, 0.25) is 5.69 Å². The van der Waals surface area contributed by atoms with Crippen molar-refractivity contribution in [2.75, 3.05) is 0 Å². The number of ketones is 2. The lowest BCUT2D eigenvalue weighted by Crippen LogP contribution is -2.31. The number of Topliss-reactive ketones (excluding diaryl/α,β-unsaturated/α-hetero) is 2. The van der Waals surface area contributed by atoms with Crippen LogP contribution in [0.4, 0.5) is 0 Å². The Bertz CT molecular complexity index is 692. The molecule has 2 aromatic rings. The van der Waals surface area contributed by atoms with E-state index in [0.717, 1.165) is 5.69 Å². The first kappa shape index (κ1) is 11.5. The van der Waals surface area contributed by atoms with Crippen LogP contribution in [0.2, 0.25) is 0 Å². The molecule has 3 rings (SSSR count). The Labute approximate surface area is 110 Å². The molecule has 0 saturated carbocycles. The number of aryl methyl sites for hydroxylation is 1. The van der Waals surface area contributed by atoms with Crippen LogP contribution in [0.3, 0.4) is 0 Å². The van der Waals surface area contributed by atoms with Crippen molar-refractivity contribution in [1.29, 1.82) is 0 Å². The smallest absolute Gasteiger partial charge is 0.205 e. The van der Waals surface area contributed by atoms with Crippen LogP contribution in [-0.4, -0.2) is 11.6 Å². The summed E-state index contributed by atoms with van der Waals surface area (Å²) in [5, 5.41) is 0. The van der Waals surface area contributed by atoms with Crippen LogP contribution in [0, 0.1) is 0 Å². The predicted octanol–water partition coefficient (Wildman–Crippen LogP) is 1.97. The zero-order chi connectivity index (χ0) is 13.4. The molecule has 0 unspecified atom stereocenters. The largest absolute Gasteiger partial charge is 0.288 e. The molecule has 0 radical (unpaired) electrons. The fourth-order valence-electron chi connectivity index (χ4n) is 2.24. The van der Waals surface area contributed by atoms with Gasteiger partial charge in [0.15, 0.2) is 17.8 Å². The van der Waals surface area contributed by atoms with E-state index in [0.29, 0.717) is 11.1 Å². The third-order valence-electron chi connectivity index (χ3n) is 3.29. The molecular formula is C16H12NO2+. The molecule has 3 nitrogen and oxygen atoms in total. The Morgan fingerprint density at radius 2 is 1.47 bits per heavy atom. The molecule has 0 saturated heterocycles. The lowest BCUT2D eigenvalue weighted by molar-refractivity contribution is -0.673. The summed E-state index contributed by atoms with van der Waals surface area (Å²) in [6.07, 6.45) is 3.54. The van der Waals surface area contributed by atoms with Crippen molar-refractivity contribution in [2.45, 2.75) is 0 Å². The van der Waals surface area contributed by atoms with E-state index in [4.69, 9.17) is 0 Å². The highest BCUT2D eigenvalue weighted by Crippen LogP contribution is 2.26. The monoisotopic (exact) mass is 250 g/mol. The highest BCUT2D eigenvalue weighted by molar-refractivity contribution is 6.41. The molecular weight excluding hydrogens is 238 g/mol. The lowest BCUT2D eigenvalue weighted by Gasteiger charge is -1.95. The molecule has 1 aromatic heterocycles. The maximum atomic E-state index is 12.2. The first-order valence-corrected chi connectivity index (χ1v) is 6.03. The number of aromatic nitrogens is 1. The molecule has 0 atom stereocenters. The van der Waals surface area contributed by atoms with Gasteiger partial charge in [-0.2, -0.15) is 0 Å². The molecule has 3 heteroatoms. The summed E-state index contributed by atoms with van der Waals surface area (Å²) in [5.41, 5.74) is 2.06. The topological polar surface area (TPSA) is 38.0 Å². The summed E-state index contributed by atoms with van der Waals surface area (Å²) in [5.74, 6) is -0.381. The average molecular weight is 250 g/mol. The predicted molar refractivity (Wildman–Crippen MR) is 70.7 cm³/mol. The minimum absolute atomic E-state index is 0.190. The van der Waals surface area contributed by atoms with Crippen LogP contribution in [0.25, 0.3) is 6.08 Å². The van der Waals surface area contributed by atoms with Gasteiger partial charge in [0.1, 0.15) is 7.05 Å². The molecule has 0 N–H and O–H groups in total. The molecule has 0 bridgehead atoms. The average Bonchev–Trinajstić information content (AvgIpc) is 2.67. The third kappa shape index (κ3) is 1.80. The minimum Gasteiger partial charge on any atom is -0.288 e. The number of carbonyl (C=O) groups excluding carboxylic acids is 2. The highest BCUT2D eigenvalue weighted by atomic mass is 16.2. The number of rotatable bonds is 1. The molecule has 0 spiro atoms. The van der Waals surface area contributed by atoms with E-state index in [2.05, 4.69) is 0 Å². The van der Waals surface area contributed by atoms with Gasteiger partial charge in [-0.25, -0.2) is 4.57 Å². The first-order valence-electron chi connectivity index (χ1n) is 6.03. The number of allylic oxidation sites excluding steroid dienone is 1. The van der Waals surface area contributed by atoms with Gasteiger partial charge in [0.25, 0.3) is 0 Å². The quantitative estimate of drug-likeness (QED) is 0.441. The summed E-state index contributed by atoms with van der Waals surface area (Å²) in [6, 6.07) is 12.6. The van der Waals surface area contributed by atoms with Crippen molar-refractivity contribution < 1.29 is 14.2 Å². The van der Waals surface area contributed by atoms with Crippen molar-refractivity contribution in [2.24, 2.45) is 7.05 Å². The second-order valence-electron chi connectivity index (χ2n) is 4.50. The summed E-state index contributed by atoms with van der Waals surface area (Å²) in [6.45, 7) is 0. The second kappa shape index (κ2) is 4.28. The van der Waals surface area contributed by atoms with Gasteiger partial charge in [-0.05, 0) is 6.07 Å². The molecule has 0 aliphatic heterocycles. The third-order valence-corrected chi connectivity index (χ3v) is 3.29. The van der Waals surface area contributed by atoms with E-state index >= 15 is 0 Å². The SMILES string of the molecule is C[n+]1ccccc1C=C1C(=O)c2ccccc2C1=O. The van der Waals surface area contributed by atoms with Crippen molar-refractivity contribution in [3.05, 3.63) is 71.1 Å². The van der Waals surface area contributed by atoms with Crippen LogP contribution in [0.5, 0.6) is 0 Å². The summed E-state index contributed by atoms with van der Waals surface area (Å²) in [7, 11) is 1.88. The molecule has 1 aromatic carbocycles. The van der Waals surface area contributed by atoms with E-state index in [-0.39, 0.29) is 17.1 Å². The van der Waals surface area contributed by atoms with Crippen LogP contribution >= 0.6 is 0 Å². The Morgan fingerprint density at radius 1 is 0.895 bits per heavy atom. The number of fused-ring (bicyclic) bond motifs is 1. The molecule has 1 heterocycles. The van der Waals surface area contributed by atoms with Gasteiger partial charge in [-0.15, -0.1) is 0 Å². The number of carbonyl (C=O) groups is 2. The van der Waals surface area contributed by atoms with E-state index < -0.39 is 0 Å². The summed E-state index contributed by atoms with van der Waals surface area (Å²) < 4.78 is 1.87. The van der Waals surface area contributed by atoms with Crippen molar-refractivity contribution in [3.8, 4) is 0 Å². The van der Waals surface area contributed by atoms with Crippen LogP contribution < -0.4 is 4.57 Å². The van der Waals surface area contributed by atoms with Gasteiger partial charge in [-0.3, -0.25) is 9.59 Å². The summed E-state index contributed by atoms with van der Waals surface area (Å²) >= 11 is 0. The number of pyridine rings is 1. The normalized spacial score (nSPS) is 13.6. The van der Waals surface area contributed by atoms with Crippen molar-refractivity contribution in [3.63, 3.8) is 0 Å². The van der Waals surface area contributed by atoms with Crippen molar-refractivity contribution in [1.82, 2.24) is 0 Å². The van der Waals surface area contributed by atoms with Gasteiger partial charge in [-0.1, -0.05) is 24.3 Å². The van der Waals surface area contributed by atoms with Crippen LogP contribution in [-0.2, 0) is 7.05 Å². The first-order chi connectivity index (χ1) is 9.18. The van der Waals surface area contributed by atoms with Crippen molar-refractivity contribution >= 4 is 17.6 Å². The molecule has 19 heavy (non-hydrogen) atoms. The van der Waals surface area contributed by atoms with Crippen LogP contribution in [0.15, 0.2) is 54.2 Å². The number of hydrogen-bond acceptors (Lipinski definition) is 2. The zero-order valence-corrected chi connectivity index (χ0v) is 10.5. The van der Waals surface area contributed by atoms with Gasteiger partial charge in [0, 0.05) is 29.3 Å². The standard InChI is InChI=1S/C16H12NO2/c1-17-9-5-4-6-11(17)10-14-15(18)12-7-2-3-8-13(12)16(14)19/h2-10H,1H3/q+1. The molecule has 1 aliphatic rings. The van der Waals surface area contributed by atoms with Gasteiger partial charge >= 0.3 is 0 Å². The summed E-state index contributed by atoms with van der Waals surface area (Å²) in [4.78, 5) is 24.4.